The molecule has 2 aliphatic heterocycles. The molecule has 3 amide bonds. The monoisotopic (exact) mass is 611 g/mol. The van der Waals surface area contributed by atoms with Crippen molar-refractivity contribution in [3.05, 3.63) is 83.9 Å². The summed E-state index contributed by atoms with van der Waals surface area (Å²) in [6, 6.07) is 22.8. The van der Waals surface area contributed by atoms with Crippen LogP contribution >= 0.6 is 0 Å². The first-order chi connectivity index (χ1) is 21.9. The molecule has 2 saturated heterocycles. The molecular weight excluding hydrogens is 566 g/mol. The van der Waals surface area contributed by atoms with Gasteiger partial charge in [0.2, 0.25) is 11.8 Å². The molecule has 0 radical (unpaired) electrons. The fraction of sp³-hybridized carbons (Fsp3) is 0.429. The third-order valence-corrected chi connectivity index (χ3v) is 8.83. The number of hydrogen-bond donors (Lipinski definition) is 4. The number of hydrogen-bond acceptors (Lipinski definition) is 5. The van der Waals surface area contributed by atoms with Crippen LogP contribution < -0.4 is 22.1 Å². The number of benzene rings is 3. The summed E-state index contributed by atoms with van der Waals surface area (Å²) in [7, 11) is 0. The molecule has 238 valence electrons. The molecule has 3 atom stereocenters. The van der Waals surface area contributed by atoms with Gasteiger partial charge in [-0.05, 0) is 67.0 Å². The number of amides is 3. The van der Waals surface area contributed by atoms with E-state index in [1.807, 2.05) is 82.6 Å². The zero-order valence-electron chi connectivity index (χ0n) is 25.9. The first-order valence-corrected chi connectivity index (χ1v) is 16.1. The van der Waals surface area contributed by atoms with Crippen LogP contribution in [-0.4, -0.2) is 84.8 Å². The van der Waals surface area contributed by atoms with Crippen molar-refractivity contribution in [3.63, 3.8) is 0 Å². The SMILES string of the molecule is NC(N)=NCCCC1NC(CNC(=O)c2ccc3ccccc3c2)CCN(CC(C(=O)N2CCCCC2)c2ccccc2)C1=O. The maximum atomic E-state index is 14.0. The van der Waals surface area contributed by atoms with Gasteiger partial charge in [-0.25, -0.2) is 0 Å². The highest BCUT2D eigenvalue weighted by Gasteiger charge is 2.35. The zero-order chi connectivity index (χ0) is 31.6. The minimum absolute atomic E-state index is 0.0213. The van der Waals surface area contributed by atoms with E-state index >= 15 is 0 Å². The number of aliphatic imine (C=N–C) groups is 1. The number of carbonyl (C=O) groups is 3. The average Bonchev–Trinajstić information content (AvgIpc) is 3.22. The van der Waals surface area contributed by atoms with Gasteiger partial charge in [-0.1, -0.05) is 60.7 Å². The fourth-order valence-corrected chi connectivity index (χ4v) is 6.35. The molecule has 10 nitrogen and oxygen atoms in total. The molecule has 10 heteroatoms. The molecule has 6 N–H and O–H groups in total. The predicted octanol–water partition coefficient (Wildman–Crippen LogP) is 2.98. The molecule has 3 unspecified atom stereocenters. The summed E-state index contributed by atoms with van der Waals surface area (Å²) in [6.07, 6.45) is 4.91. The molecule has 0 spiro atoms. The molecular formula is C35H45N7O3. The Labute approximate surface area is 265 Å². The summed E-state index contributed by atoms with van der Waals surface area (Å²) >= 11 is 0. The van der Waals surface area contributed by atoms with Crippen molar-refractivity contribution in [2.45, 2.75) is 56.5 Å². The zero-order valence-corrected chi connectivity index (χ0v) is 25.9. The minimum Gasteiger partial charge on any atom is -0.370 e. The van der Waals surface area contributed by atoms with Gasteiger partial charge in [-0.15, -0.1) is 0 Å². The van der Waals surface area contributed by atoms with E-state index in [0.29, 0.717) is 51.0 Å². The lowest BCUT2D eigenvalue weighted by atomic mass is 9.95. The van der Waals surface area contributed by atoms with Crippen LogP contribution in [0.2, 0.25) is 0 Å². The Balaban J connectivity index is 1.30. The first-order valence-electron chi connectivity index (χ1n) is 16.1. The fourth-order valence-electron chi connectivity index (χ4n) is 6.35. The van der Waals surface area contributed by atoms with Gasteiger partial charge in [-0.3, -0.25) is 19.4 Å². The van der Waals surface area contributed by atoms with E-state index in [0.717, 1.165) is 48.7 Å². The normalized spacial score (nSPS) is 19.5. The molecule has 0 saturated carbocycles. The van der Waals surface area contributed by atoms with Crippen LogP contribution in [0.15, 0.2) is 77.8 Å². The molecule has 0 aliphatic carbocycles. The van der Waals surface area contributed by atoms with E-state index in [9.17, 15) is 14.4 Å². The third-order valence-electron chi connectivity index (χ3n) is 8.83. The number of rotatable bonds is 11. The Morgan fingerprint density at radius 2 is 1.67 bits per heavy atom. The molecule has 2 heterocycles. The van der Waals surface area contributed by atoms with Crippen LogP contribution in [0.5, 0.6) is 0 Å². The van der Waals surface area contributed by atoms with E-state index in [1.54, 1.807) is 0 Å². The van der Waals surface area contributed by atoms with E-state index in [-0.39, 0.29) is 29.7 Å². The Kier molecular flexibility index (Phi) is 11.0. The van der Waals surface area contributed by atoms with Crippen LogP contribution in [0.4, 0.5) is 0 Å². The number of fused-ring (bicyclic) bond motifs is 1. The maximum absolute atomic E-state index is 14.0. The molecule has 0 bridgehead atoms. The smallest absolute Gasteiger partial charge is 0.251 e. The van der Waals surface area contributed by atoms with Crippen molar-refractivity contribution in [3.8, 4) is 0 Å². The van der Waals surface area contributed by atoms with E-state index in [2.05, 4.69) is 15.6 Å². The minimum atomic E-state index is -0.495. The largest absolute Gasteiger partial charge is 0.370 e. The van der Waals surface area contributed by atoms with Gasteiger partial charge >= 0.3 is 0 Å². The van der Waals surface area contributed by atoms with Gasteiger partial charge in [0.05, 0.1) is 12.0 Å². The Bertz CT molecular complexity index is 1480. The van der Waals surface area contributed by atoms with Crippen LogP contribution in [0, 0.1) is 0 Å². The van der Waals surface area contributed by atoms with Crippen molar-refractivity contribution in [1.29, 1.82) is 0 Å². The van der Waals surface area contributed by atoms with Crippen LogP contribution in [0.3, 0.4) is 0 Å². The summed E-state index contributed by atoms with van der Waals surface area (Å²) in [5, 5.41) is 8.67. The van der Waals surface area contributed by atoms with Crippen LogP contribution in [0.1, 0.15) is 60.4 Å². The third kappa shape index (κ3) is 8.60. The molecule has 45 heavy (non-hydrogen) atoms. The molecule has 5 rings (SSSR count). The standard InChI is InChI=1S/C35H45N7O3/c36-35(37)38-18-9-14-31-34(45)42(24-30(26-11-3-1-4-12-26)33(44)41-19-7-2-8-20-41)21-17-29(40-31)23-39-32(43)28-16-15-25-10-5-6-13-27(25)22-28/h1,3-6,10-13,15-16,22,29-31,40H,2,7-9,14,17-21,23-24H2,(H,39,43)(H4,36,37,38). The Morgan fingerprint density at radius 3 is 2.42 bits per heavy atom. The van der Waals surface area contributed by atoms with Crippen molar-refractivity contribution in [2.75, 3.05) is 39.3 Å². The lowest BCUT2D eigenvalue weighted by Gasteiger charge is -2.33. The van der Waals surface area contributed by atoms with Crippen LogP contribution in [-0.2, 0) is 9.59 Å². The predicted molar refractivity (Wildman–Crippen MR) is 178 cm³/mol. The van der Waals surface area contributed by atoms with Crippen molar-refractivity contribution < 1.29 is 14.4 Å². The van der Waals surface area contributed by atoms with Gasteiger partial charge in [-0.2, -0.15) is 0 Å². The number of guanidine groups is 1. The second-order valence-corrected chi connectivity index (χ2v) is 12.1. The topological polar surface area (TPSA) is 146 Å². The molecule has 0 aromatic heterocycles. The second-order valence-electron chi connectivity index (χ2n) is 12.1. The van der Waals surface area contributed by atoms with Crippen molar-refractivity contribution in [1.82, 2.24) is 20.4 Å². The lowest BCUT2D eigenvalue weighted by molar-refractivity contribution is -0.137. The van der Waals surface area contributed by atoms with Gasteiger partial charge in [0.25, 0.3) is 5.91 Å². The summed E-state index contributed by atoms with van der Waals surface area (Å²) < 4.78 is 0. The summed E-state index contributed by atoms with van der Waals surface area (Å²) in [5.74, 6) is -0.548. The second kappa shape index (κ2) is 15.5. The summed E-state index contributed by atoms with van der Waals surface area (Å²) in [5.41, 5.74) is 12.5. The highest BCUT2D eigenvalue weighted by molar-refractivity contribution is 5.98. The van der Waals surface area contributed by atoms with Crippen molar-refractivity contribution in [2.24, 2.45) is 16.5 Å². The Morgan fingerprint density at radius 1 is 0.933 bits per heavy atom. The molecule has 3 aromatic rings. The number of piperidine rings is 1. The molecule has 3 aromatic carbocycles. The summed E-state index contributed by atoms with van der Waals surface area (Å²) in [4.78, 5) is 48.9. The number of likely N-dealkylation sites (tertiary alicyclic amines) is 1. The van der Waals surface area contributed by atoms with E-state index in [4.69, 9.17) is 11.5 Å². The van der Waals surface area contributed by atoms with E-state index < -0.39 is 12.0 Å². The quantitative estimate of drug-likeness (QED) is 0.149. The van der Waals surface area contributed by atoms with Gasteiger partial charge in [0.1, 0.15) is 0 Å². The van der Waals surface area contributed by atoms with Crippen LogP contribution in [0.25, 0.3) is 10.8 Å². The maximum Gasteiger partial charge on any atom is 0.251 e. The Hall–Kier alpha value is -4.44. The van der Waals surface area contributed by atoms with Gasteiger partial charge < -0.3 is 31.9 Å². The number of carbonyl (C=O) groups excluding carboxylic acids is 3. The van der Waals surface area contributed by atoms with Crippen molar-refractivity contribution >= 4 is 34.5 Å². The first kappa shape index (κ1) is 32.0. The highest BCUT2D eigenvalue weighted by atomic mass is 16.2. The molecule has 2 aliphatic rings. The van der Waals surface area contributed by atoms with Gasteiger partial charge in [0.15, 0.2) is 5.96 Å². The number of nitrogens with one attached hydrogen (secondary N) is 2. The van der Waals surface area contributed by atoms with Gasteiger partial charge in [0, 0.05) is 50.9 Å². The number of nitrogens with two attached hydrogens (primary N) is 2. The lowest BCUT2D eigenvalue weighted by Crippen LogP contribution is -2.50. The number of nitrogens with zero attached hydrogens (tertiary/aromatic N) is 3. The van der Waals surface area contributed by atoms with E-state index in [1.165, 1.54) is 0 Å². The highest BCUT2D eigenvalue weighted by Crippen LogP contribution is 2.24. The average molecular weight is 612 g/mol. The molecule has 2 fully saturated rings. The summed E-state index contributed by atoms with van der Waals surface area (Å²) in [6.45, 7) is 3.07.